The predicted octanol–water partition coefficient (Wildman–Crippen LogP) is 5.52. The number of hydrogen-bond donors (Lipinski definition) is 0. The van der Waals surface area contributed by atoms with Crippen molar-refractivity contribution in [1.82, 2.24) is 4.90 Å². The molecule has 0 saturated carbocycles. The highest BCUT2D eigenvalue weighted by Gasteiger charge is 2.31. The zero-order valence-corrected chi connectivity index (χ0v) is 18.3. The molecule has 5 rings (SSSR count). The first-order valence-electron chi connectivity index (χ1n) is 10.7. The summed E-state index contributed by atoms with van der Waals surface area (Å²) in [5.74, 6) is 3.33. The highest BCUT2D eigenvalue weighted by Crippen LogP contribution is 2.37. The van der Waals surface area contributed by atoms with Crippen LogP contribution in [-0.4, -0.2) is 31.4 Å². The molecule has 31 heavy (non-hydrogen) atoms. The number of halogens is 1. The van der Waals surface area contributed by atoms with E-state index in [1.54, 1.807) is 0 Å². The maximum absolute atomic E-state index is 6.26. The number of nitrogens with zero attached hydrogens (tertiary/aromatic N) is 1. The molecular weight excluding hydrogens is 410 g/mol. The Morgan fingerprint density at radius 2 is 1.61 bits per heavy atom. The average Bonchev–Trinajstić information content (AvgIpc) is 3.27. The molecule has 0 amide bonds. The third kappa shape index (κ3) is 5.15. The molecule has 3 aromatic carbocycles. The summed E-state index contributed by atoms with van der Waals surface area (Å²) in [4.78, 5) is 2.56. The molecule has 3 aromatic rings. The lowest BCUT2D eigenvalue weighted by Gasteiger charge is -2.39. The summed E-state index contributed by atoms with van der Waals surface area (Å²) < 4.78 is 17.2. The zero-order chi connectivity index (χ0) is 20.2. The predicted molar refractivity (Wildman–Crippen MR) is 124 cm³/mol. The minimum absolute atomic E-state index is 0. The molecule has 1 saturated heterocycles. The van der Waals surface area contributed by atoms with E-state index >= 15 is 0 Å². The maximum atomic E-state index is 6.26. The van der Waals surface area contributed by atoms with Crippen molar-refractivity contribution in [2.75, 3.05) is 26.5 Å². The molecule has 0 radical (unpaired) electrons. The minimum atomic E-state index is 0. The summed E-state index contributed by atoms with van der Waals surface area (Å²) >= 11 is 0. The number of rotatable bonds is 6. The Bertz CT molecular complexity index is 967. The topological polar surface area (TPSA) is 30.9 Å². The fourth-order valence-corrected chi connectivity index (χ4v) is 4.57. The van der Waals surface area contributed by atoms with Crippen LogP contribution in [0.3, 0.4) is 0 Å². The van der Waals surface area contributed by atoms with Gasteiger partial charge in [-0.05, 0) is 42.1 Å². The van der Waals surface area contributed by atoms with Crippen LogP contribution in [0.2, 0.25) is 0 Å². The van der Waals surface area contributed by atoms with Gasteiger partial charge in [0.25, 0.3) is 0 Å². The van der Waals surface area contributed by atoms with Gasteiger partial charge in [0.2, 0.25) is 6.79 Å². The summed E-state index contributed by atoms with van der Waals surface area (Å²) in [5.41, 5.74) is 2.78. The van der Waals surface area contributed by atoms with Gasteiger partial charge in [-0.3, -0.25) is 4.90 Å². The van der Waals surface area contributed by atoms with Crippen molar-refractivity contribution < 1.29 is 14.2 Å². The molecule has 1 fully saturated rings. The van der Waals surface area contributed by atoms with E-state index in [-0.39, 0.29) is 19.2 Å². The van der Waals surface area contributed by atoms with Gasteiger partial charge in [0.1, 0.15) is 5.75 Å². The molecule has 5 heteroatoms. The van der Waals surface area contributed by atoms with Crippen molar-refractivity contribution in [2.45, 2.75) is 18.9 Å². The summed E-state index contributed by atoms with van der Waals surface area (Å²) in [6, 6.07) is 27.4. The van der Waals surface area contributed by atoms with Crippen molar-refractivity contribution in [3.8, 4) is 17.2 Å². The summed E-state index contributed by atoms with van der Waals surface area (Å²) in [7, 11) is 0. The Balaban J connectivity index is 0.00000231. The molecule has 2 aliphatic rings. The zero-order valence-electron chi connectivity index (χ0n) is 17.5. The van der Waals surface area contributed by atoms with Crippen LogP contribution in [0, 0.1) is 5.92 Å². The second-order valence-corrected chi connectivity index (χ2v) is 8.11. The molecular formula is C26H28ClNO3. The van der Waals surface area contributed by atoms with Crippen molar-refractivity contribution >= 4 is 12.4 Å². The van der Waals surface area contributed by atoms with Crippen LogP contribution in [-0.2, 0) is 6.54 Å². The van der Waals surface area contributed by atoms with Gasteiger partial charge in [-0.1, -0.05) is 60.7 Å². The number of fused-ring (bicyclic) bond motifs is 1. The van der Waals surface area contributed by atoms with Gasteiger partial charge in [-0.25, -0.2) is 0 Å². The Morgan fingerprint density at radius 1 is 0.871 bits per heavy atom. The Kier molecular flexibility index (Phi) is 7.00. The third-order valence-electron chi connectivity index (χ3n) is 6.10. The second kappa shape index (κ2) is 10.1. The Morgan fingerprint density at radius 3 is 2.42 bits per heavy atom. The quantitative estimate of drug-likeness (QED) is 0.508. The van der Waals surface area contributed by atoms with Gasteiger partial charge < -0.3 is 14.2 Å². The normalized spacial score (nSPS) is 20.1. The minimum Gasteiger partial charge on any atom is -0.493 e. The molecule has 4 nitrogen and oxygen atoms in total. The molecule has 0 N–H and O–H groups in total. The third-order valence-corrected chi connectivity index (χ3v) is 6.10. The van der Waals surface area contributed by atoms with Crippen molar-refractivity contribution in [2.24, 2.45) is 5.92 Å². The molecule has 2 heterocycles. The monoisotopic (exact) mass is 437 g/mol. The van der Waals surface area contributed by atoms with Gasteiger partial charge in [0, 0.05) is 25.1 Å². The number of hydrogen-bond acceptors (Lipinski definition) is 4. The first kappa shape index (κ1) is 21.5. The van der Waals surface area contributed by atoms with Crippen LogP contribution >= 0.6 is 12.4 Å². The summed E-state index contributed by atoms with van der Waals surface area (Å²) in [6.45, 7) is 4.09. The van der Waals surface area contributed by atoms with E-state index in [0.29, 0.717) is 18.4 Å². The lowest BCUT2D eigenvalue weighted by atomic mass is 9.80. The van der Waals surface area contributed by atoms with E-state index < -0.39 is 0 Å². The second-order valence-electron chi connectivity index (χ2n) is 8.11. The van der Waals surface area contributed by atoms with E-state index in [0.717, 1.165) is 43.3 Å². The highest BCUT2D eigenvalue weighted by molar-refractivity contribution is 5.85. The lowest BCUT2D eigenvalue weighted by molar-refractivity contribution is 0.106. The van der Waals surface area contributed by atoms with Gasteiger partial charge in [-0.15, -0.1) is 12.4 Å². The first-order valence-corrected chi connectivity index (χ1v) is 10.7. The molecule has 2 aliphatic heterocycles. The van der Waals surface area contributed by atoms with E-state index in [1.165, 1.54) is 11.1 Å². The van der Waals surface area contributed by atoms with Crippen LogP contribution in [0.5, 0.6) is 17.2 Å². The maximum Gasteiger partial charge on any atom is 0.231 e. The van der Waals surface area contributed by atoms with Crippen LogP contribution < -0.4 is 14.2 Å². The van der Waals surface area contributed by atoms with Crippen LogP contribution in [0.25, 0.3) is 0 Å². The SMILES string of the molecule is Cl.c1ccc(CN2CC[C@@H](c3ccccc3)[C@H](COc3ccc4c(c3)OCO4)C2)cc1. The highest BCUT2D eigenvalue weighted by atomic mass is 35.5. The van der Waals surface area contributed by atoms with E-state index in [9.17, 15) is 0 Å². The van der Waals surface area contributed by atoms with Crippen molar-refractivity contribution in [1.29, 1.82) is 0 Å². The van der Waals surface area contributed by atoms with Crippen molar-refractivity contribution in [3.63, 3.8) is 0 Å². The fraction of sp³-hybridized carbons (Fsp3) is 0.308. The van der Waals surface area contributed by atoms with Gasteiger partial charge in [0.15, 0.2) is 11.5 Å². The van der Waals surface area contributed by atoms with E-state index in [4.69, 9.17) is 14.2 Å². The Labute approximate surface area is 190 Å². The lowest BCUT2D eigenvalue weighted by Crippen LogP contribution is -2.41. The Hall–Kier alpha value is -2.69. The molecule has 0 aliphatic carbocycles. The summed E-state index contributed by atoms with van der Waals surface area (Å²) in [5, 5.41) is 0. The molecule has 0 unspecified atom stereocenters. The average molecular weight is 438 g/mol. The van der Waals surface area contributed by atoms with E-state index in [2.05, 4.69) is 65.6 Å². The van der Waals surface area contributed by atoms with Gasteiger partial charge >= 0.3 is 0 Å². The van der Waals surface area contributed by atoms with Crippen LogP contribution in [0.4, 0.5) is 0 Å². The fourth-order valence-electron chi connectivity index (χ4n) is 4.57. The van der Waals surface area contributed by atoms with E-state index in [1.807, 2.05) is 18.2 Å². The van der Waals surface area contributed by atoms with Crippen molar-refractivity contribution in [3.05, 3.63) is 90.0 Å². The summed E-state index contributed by atoms with van der Waals surface area (Å²) in [6.07, 6.45) is 1.14. The molecule has 0 aromatic heterocycles. The van der Waals surface area contributed by atoms with Crippen LogP contribution in [0.15, 0.2) is 78.9 Å². The number of benzene rings is 3. The van der Waals surface area contributed by atoms with Gasteiger partial charge in [0.05, 0.1) is 6.61 Å². The smallest absolute Gasteiger partial charge is 0.231 e. The number of ether oxygens (including phenoxy) is 3. The molecule has 0 bridgehead atoms. The standard InChI is InChI=1S/C26H27NO3.ClH/c1-3-7-20(8-4-1)16-27-14-13-24(21-9-5-2-6-10-21)22(17-27)18-28-23-11-12-25-26(15-23)30-19-29-25;/h1-12,15,22,24H,13-14,16-19H2;1H/t22-,24-;/m0./s1. The first-order chi connectivity index (χ1) is 14.8. The van der Waals surface area contributed by atoms with Crippen LogP contribution in [0.1, 0.15) is 23.5 Å². The molecule has 162 valence electrons. The molecule has 2 atom stereocenters. The largest absolute Gasteiger partial charge is 0.493 e. The number of piperidine rings is 1. The molecule has 0 spiro atoms. The van der Waals surface area contributed by atoms with Gasteiger partial charge in [-0.2, -0.15) is 0 Å². The number of likely N-dealkylation sites (tertiary alicyclic amines) is 1.